The van der Waals surface area contributed by atoms with E-state index >= 15 is 0 Å². The Bertz CT molecular complexity index is 2780. The lowest BCUT2D eigenvalue weighted by molar-refractivity contribution is 0.635. The summed E-state index contributed by atoms with van der Waals surface area (Å²) in [7, 11) is -2.14. The van der Waals surface area contributed by atoms with Crippen LogP contribution in [0.15, 0.2) is 186 Å². The monoisotopic (exact) mass is 684 g/mol. The number of furan rings is 1. The minimum absolute atomic E-state index is 0.935. The van der Waals surface area contributed by atoms with Crippen molar-refractivity contribution in [2.45, 2.75) is 13.1 Å². The van der Waals surface area contributed by atoms with Gasteiger partial charge in [-0.25, -0.2) is 0 Å². The number of hydrogen-bond acceptors (Lipinski definition) is 3. The molecule has 0 aliphatic carbocycles. The van der Waals surface area contributed by atoms with Crippen LogP contribution in [0.5, 0.6) is 0 Å². The van der Waals surface area contributed by atoms with Gasteiger partial charge in [0.2, 0.25) is 0 Å². The van der Waals surface area contributed by atoms with Gasteiger partial charge in [-0.3, -0.25) is 0 Å². The number of hydrogen-bond donors (Lipinski definition) is 0. The molecule has 0 saturated heterocycles. The average Bonchev–Trinajstić information content (AvgIpc) is 3.68. The molecule has 10 rings (SSSR count). The third-order valence-corrected chi connectivity index (χ3v) is 14.3. The SMILES string of the molecule is C[Si]1(C)c2ccc(N(c3ccccc3)c3cccc4ccccc34)cc2-c2oc3ccc(N(c4ccccc4)c4cccc5ccccc45)cc3c21. The summed E-state index contributed by atoms with van der Waals surface area (Å²) in [6, 6.07) is 65.6. The van der Waals surface area contributed by atoms with E-state index in [-0.39, 0.29) is 0 Å². The molecule has 0 atom stereocenters. The van der Waals surface area contributed by atoms with Gasteiger partial charge in [0.05, 0.1) is 11.4 Å². The third-order valence-electron chi connectivity index (χ3n) is 10.8. The van der Waals surface area contributed by atoms with Gasteiger partial charge in [-0.1, -0.05) is 128 Å². The highest BCUT2D eigenvalue weighted by atomic mass is 28.3. The molecule has 2 heterocycles. The molecule has 0 radical (unpaired) electrons. The zero-order valence-electron chi connectivity index (χ0n) is 29.1. The molecule has 0 spiro atoms. The molecule has 1 aliphatic heterocycles. The lowest BCUT2D eigenvalue weighted by Gasteiger charge is -2.28. The normalized spacial score (nSPS) is 13.0. The van der Waals surface area contributed by atoms with E-state index in [0.717, 1.165) is 45.5 Å². The van der Waals surface area contributed by atoms with Gasteiger partial charge < -0.3 is 14.2 Å². The number of anilines is 6. The Morgan fingerprint density at radius 3 is 1.52 bits per heavy atom. The van der Waals surface area contributed by atoms with Crippen LogP contribution in [0.2, 0.25) is 13.1 Å². The van der Waals surface area contributed by atoms with Crippen LogP contribution < -0.4 is 20.2 Å². The van der Waals surface area contributed by atoms with E-state index in [1.54, 1.807) is 0 Å². The summed E-state index contributed by atoms with van der Waals surface area (Å²) in [5.74, 6) is 1.02. The zero-order valence-corrected chi connectivity index (χ0v) is 30.1. The Hall–Kier alpha value is -6.36. The van der Waals surface area contributed by atoms with Crippen molar-refractivity contribution in [2.75, 3.05) is 9.80 Å². The molecule has 52 heavy (non-hydrogen) atoms. The molecule has 248 valence electrons. The molecule has 0 N–H and O–H groups in total. The molecule has 0 bridgehead atoms. The number of fused-ring (bicyclic) bond motifs is 7. The van der Waals surface area contributed by atoms with Crippen LogP contribution in [0.3, 0.4) is 0 Å². The van der Waals surface area contributed by atoms with Gasteiger partial charge in [0.15, 0.2) is 0 Å². The predicted molar refractivity (Wildman–Crippen MR) is 223 cm³/mol. The van der Waals surface area contributed by atoms with E-state index in [9.17, 15) is 0 Å². The summed E-state index contributed by atoms with van der Waals surface area (Å²) in [5, 5.41) is 8.87. The van der Waals surface area contributed by atoms with Crippen LogP contribution >= 0.6 is 0 Å². The van der Waals surface area contributed by atoms with Crippen molar-refractivity contribution in [2.24, 2.45) is 0 Å². The highest BCUT2D eigenvalue weighted by Crippen LogP contribution is 2.44. The summed E-state index contributed by atoms with van der Waals surface area (Å²) >= 11 is 0. The van der Waals surface area contributed by atoms with E-state index in [4.69, 9.17) is 4.42 Å². The van der Waals surface area contributed by atoms with Crippen LogP contribution in [0.25, 0.3) is 43.8 Å². The maximum atomic E-state index is 6.90. The largest absolute Gasteiger partial charge is 0.456 e. The Kier molecular flexibility index (Phi) is 6.95. The van der Waals surface area contributed by atoms with Gasteiger partial charge in [0.1, 0.15) is 19.4 Å². The molecule has 4 heteroatoms. The first-order chi connectivity index (χ1) is 25.6. The minimum Gasteiger partial charge on any atom is -0.456 e. The van der Waals surface area contributed by atoms with Gasteiger partial charge in [-0.2, -0.15) is 0 Å². The third kappa shape index (κ3) is 4.72. The summed E-state index contributed by atoms with van der Waals surface area (Å²) in [6.45, 7) is 4.94. The van der Waals surface area contributed by atoms with Crippen LogP contribution in [0.4, 0.5) is 34.1 Å². The smallest absolute Gasteiger partial charge is 0.135 e. The van der Waals surface area contributed by atoms with E-state index in [2.05, 4.69) is 205 Å². The highest BCUT2D eigenvalue weighted by molar-refractivity contribution is 7.05. The maximum Gasteiger partial charge on any atom is 0.135 e. The minimum atomic E-state index is -2.14. The lowest BCUT2D eigenvalue weighted by Crippen LogP contribution is -2.49. The molecule has 1 aromatic heterocycles. The molecule has 9 aromatic rings. The van der Waals surface area contributed by atoms with Gasteiger partial charge >= 0.3 is 0 Å². The predicted octanol–water partition coefficient (Wildman–Crippen LogP) is 12.5. The molecule has 0 saturated carbocycles. The lowest BCUT2D eigenvalue weighted by atomic mass is 10.1. The van der Waals surface area contributed by atoms with Gasteiger partial charge in [-0.15, -0.1) is 0 Å². The van der Waals surface area contributed by atoms with Crippen LogP contribution in [0.1, 0.15) is 0 Å². The summed E-state index contributed by atoms with van der Waals surface area (Å²) in [5.41, 5.74) is 8.93. The summed E-state index contributed by atoms with van der Waals surface area (Å²) in [4.78, 5) is 4.77. The molecule has 1 aliphatic rings. The topological polar surface area (TPSA) is 19.6 Å². The van der Waals surface area contributed by atoms with Crippen molar-refractivity contribution < 1.29 is 4.42 Å². The molecular formula is C48H36N2OSi. The van der Waals surface area contributed by atoms with Crippen LogP contribution in [-0.2, 0) is 0 Å². The average molecular weight is 685 g/mol. The fourth-order valence-corrected chi connectivity index (χ4v) is 11.6. The molecule has 0 fully saturated rings. The van der Waals surface area contributed by atoms with E-state index in [1.807, 2.05) is 0 Å². The number of benzene rings is 8. The summed E-state index contributed by atoms with van der Waals surface area (Å²) < 4.78 is 6.90. The van der Waals surface area contributed by atoms with Crippen molar-refractivity contribution in [3.05, 3.63) is 182 Å². The van der Waals surface area contributed by atoms with E-state index < -0.39 is 8.07 Å². The first-order valence-corrected chi connectivity index (χ1v) is 20.9. The van der Waals surface area contributed by atoms with Crippen LogP contribution in [-0.4, -0.2) is 8.07 Å². The van der Waals surface area contributed by atoms with Gasteiger partial charge in [0, 0.05) is 44.5 Å². The second-order valence-corrected chi connectivity index (χ2v) is 18.5. The maximum absolute atomic E-state index is 6.90. The van der Waals surface area contributed by atoms with Crippen molar-refractivity contribution in [1.29, 1.82) is 0 Å². The van der Waals surface area contributed by atoms with E-state index in [0.29, 0.717) is 0 Å². The zero-order chi connectivity index (χ0) is 34.8. The quantitative estimate of drug-likeness (QED) is 0.163. The van der Waals surface area contributed by atoms with Gasteiger partial charge in [-0.05, 0) is 87.9 Å². The molecule has 0 amide bonds. The molecule has 0 unspecified atom stereocenters. The fraction of sp³-hybridized carbons (Fsp3) is 0.0417. The van der Waals surface area contributed by atoms with Crippen molar-refractivity contribution in [3.8, 4) is 11.3 Å². The van der Waals surface area contributed by atoms with Crippen LogP contribution in [0, 0.1) is 0 Å². The second-order valence-electron chi connectivity index (χ2n) is 14.2. The summed E-state index contributed by atoms with van der Waals surface area (Å²) in [6.07, 6.45) is 0. The first-order valence-electron chi connectivity index (χ1n) is 17.9. The molecule has 8 aromatic carbocycles. The highest BCUT2D eigenvalue weighted by Gasteiger charge is 2.42. The Morgan fingerprint density at radius 1 is 0.423 bits per heavy atom. The Balaban J connectivity index is 1.15. The number of para-hydroxylation sites is 2. The fourth-order valence-electron chi connectivity index (χ4n) is 8.39. The number of nitrogens with zero attached hydrogens (tertiary/aromatic N) is 2. The molecule has 3 nitrogen and oxygen atoms in total. The standard InChI is InChI=1S/C48H36N2OSi/c1-52(2)46-30-28-38(50(36-21-7-4-8-22-36)44-26-14-18-34-16-10-12-24-40(34)44)32-42(46)47-48(52)41-31-37(27-29-45(41)51-47)49(35-19-5-3-6-20-35)43-25-13-17-33-15-9-11-23-39(33)43/h3-32H,1-2H3. The Morgan fingerprint density at radius 2 is 0.923 bits per heavy atom. The number of rotatable bonds is 6. The van der Waals surface area contributed by atoms with E-state index in [1.165, 1.54) is 42.9 Å². The van der Waals surface area contributed by atoms with Crippen molar-refractivity contribution in [1.82, 2.24) is 0 Å². The van der Waals surface area contributed by atoms with Crippen molar-refractivity contribution >= 4 is 85.1 Å². The Labute approximate surface area is 304 Å². The molecular weight excluding hydrogens is 649 g/mol. The second kappa shape index (κ2) is 11.9. The first kappa shape index (κ1) is 30.5. The van der Waals surface area contributed by atoms with Crippen molar-refractivity contribution in [3.63, 3.8) is 0 Å². The van der Waals surface area contributed by atoms with Gasteiger partial charge in [0.25, 0.3) is 0 Å².